The van der Waals surface area contributed by atoms with Crippen LogP contribution in [0.2, 0.25) is 0 Å². The number of para-hydroxylation sites is 1. The van der Waals surface area contributed by atoms with Gasteiger partial charge in [0.2, 0.25) is 0 Å². The summed E-state index contributed by atoms with van der Waals surface area (Å²) in [5.74, 6) is 2.22. The molecule has 0 spiro atoms. The van der Waals surface area contributed by atoms with Gasteiger partial charge in [0.05, 0.1) is 46.5 Å². The van der Waals surface area contributed by atoms with Crippen molar-refractivity contribution < 1.29 is 24.2 Å². The van der Waals surface area contributed by atoms with E-state index in [0.29, 0.717) is 32.3 Å². The minimum Gasteiger partial charge on any atom is -0.497 e. The van der Waals surface area contributed by atoms with Gasteiger partial charge in [-0.15, -0.1) is 0 Å². The summed E-state index contributed by atoms with van der Waals surface area (Å²) in [5, 5.41) is 10.4. The summed E-state index contributed by atoms with van der Waals surface area (Å²) < 4.78 is 16.8. The Morgan fingerprint density at radius 3 is 2.39 bits per heavy atom. The van der Waals surface area contributed by atoms with Gasteiger partial charge in [-0.3, -0.25) is 0 Å². The highest BCUT2D eigenvalue weighted by molar-refractivity contribution is 5.49. The maximum absolute atomic E-state index is 10.4. The molecule has 6 nitrogen and oxygen atoms in total. The van der Waals surface area contributed by atoms with E-state index in [9.17, 15) is 5.11 Å². The van der Waals surface area contributed by atoms with E-state index in [2.05, 4.69) is 36.9 Å². The molecule has 0 saturated carbocycles. The van der Waals surface area contributed by atoms with Gasteiger partial charge in [-0.05, 0) is 41.8 Å². The second-order valence-corrected chi connectivity index (χ2v) is 8.41. The summed E-state index contributed by atoms with van der Waals surface area (Å²) in [6, 6.07) is 16.3. The third kappa shape index (κ3) is 7.13. The summed E-state index contributed by atoms with van der Waals surface area (Å²) in [6.07, 6.45) is -0.453. The molecule has 0 amide bonds. The van der Waals surface area contributed by atoms with Crippen molar-refractivity contribution in [2.75, 3.05) is 64.6 Å². The molecular weight excluding hydrogens is 392 g/mol. The number of nitrogens with zero attached hydrogens (tertiary/aromatic N) is 1. The zero-order valence-corrected chi connectivity index (χ0v) is 19.0. The fraction of sp³-hybridized carbons (Fsp3) is 0.520. The predicted molar refractivity (Wildman–Crippen MR) is 124 cm³/mol. The first-order valence-corrected chi connectivity index (χ1v) is 11.3. The number of hydrogen-bond donors (Lipinski definition) is 2. The molecule has 0 aromatic heterocycles. The number of anilines is 1. The third-order valence-corrected chi connectivity index (χ3v) is 5.77. The van der Waals surface area contributed by atoms with Gasteiger partial charge < -0.3 is 29.1 Å². The summed E-state index contributed by atoms with van der Waals surface area (Å²) >= 11 is 0. The molecule has 1 atom stereocenters. The van der Waals surface area contributed by atoms with E-state index in [4.69, 9.17) is 14.2 Å². The molecule has 31 heavy (non-hydrogen) atoms. The second-order valence-electron chi connectivity index (χ2n) is 8.41. The summed E-state index contributed by atoms with van der Waals surface area (Å²) in [7, 11) is 1.69. The number of nitrogens with one attached hydrogen (secondary N) is 1. The molecule has 0 unspecified atom stereocenters. The van der Waals surface area contributed by atoms with E-state index >= 15 is 0 Å². The van der Waals surface area contributed by atoms with Crippen molar-refractivity contribution in [1.82, 2.24) is 0 Å². The van der Waals surface area contributed by atoms with Gasteiger partial charge in [-0.2, -0.15) is 0 Å². The van der Waals surface area contributed by atoms with Crippen molar-refractivity contribution in [3.8, 4) is 11.5 Å². The van der Waals surface area contributed by atoms with Crippen LogP contribution in [0.5, 0.6) is 11.5 Å². The Bertz CT molecular complexity index is 773. The zero-order chi connectivity index (χ0) is 22.1. The molecule has 3 rings (SSSR count). The molecule has 6 heteroatoms. The molecule has 2 aromatic rings. The van der Waals surface area contributed by atoms with E-state index in [0.717, 1.165) is 37.7 Å². The highest BCUT2D eigenvalue weighted by Crippen LogP contribution is 2.25. The first-order valence-electron chi connectivity index (χ1n) is 11.3. The standard InChI is InChI=1S/C25H36N2O4/c1-20(2)24-6-4-5-7-25(24)31-17-16-30-19-22(28)18-26-12-14-27(15-13-26)21-8-10-23(29-3)11-9-21/h4-11,20,22,28H,12-19H2,1-3H3/p+1/t22-/m0/s1. The van der Waals surface area contributed by atoms with E-state index in [-0.39, 0.29) is 0 Å². The Hall–Kier alpha value is -2.28. The lowest BCUT2D eigenvalue weighted by Crippen LogP contribution is -3.16. The minimum absolute atomic E-state index is 0.348. The topological polar surface area (TPSA) is 55.6 Å². The van der Waals surface area contributed by atoms with Crippen LogP contribution >= 0.6 is 0 Å². The van der Waals surface area contributed by atoms with E-state index in [1.807, 2.05) is 30.3 Å². The SMILES string of the molecule is COc1ccc(N2CC[NH+](C[C@H](O)COCCOc3ccccc3C(C)C)CC2)cc1. The lowest BCUT2D eigenvalue weighted by atomic mass is 10.0. The monoisotopic (exact) mass is 429 g/mol. The smallest absolute Gasteiger partial charge is 0.126 e. The van der Waals surface area contributed by atoms with Crippen molar-refractivity contribution in [1.29, 1.82) is 0 Å². The van der Waals surface area contributed by atoms with Crippen molar-refractivity contribution in [3.05, 3.63) is 54.1 Å². The van der Waals surface area contributed by atoms with Gasteiger partial charge in [0.1, 0.15) is 30.8 Å². The molecule has 1 aliphatic rings. The average molecular weight is 430 g/mol. The fourth-order valence-electron chi connectivity index (χ4n) is 3.99. The number of piperazine rings is 1. The van der Waals surface area contributed by atoms with Gasteiger partial charge in [-0.1, -0.05) is 32.0 Å². The predicted octanol–water partition coefficient (Wildman–Crippen LogP) is 1.98. The number of hydrogen-bond acceptors (Lipinski definition) is 5. The van der Waals surface area contributed by atoms with Crippen LogP contribution in [0.15, 0.2) is 48.5 Å². The third-order valence-electron chi connectivity index (χ3n) is 5.77. The fourth-order valence-corrected chi connectivity index (χ4v) is 3.99. The number of ether oxygens (including phenoxy) is 3. The van der Waals surface area contributed by atoms with Gasteiger partial charge in [0, 0.05) is 5.69 Å². The molecule has 1 aliphatic heterocycles. The molecule has 0 radical (unpaired) electrons. The van der Waals surface area contributed by atoms with Gasteiger partial charge in [0.25, 0.3) is 0 Å². The number of quaternary nitrogens is 1. The highest BCUT2D eigenvalue weighted by Gasteiger charge is 2.22. The van der Waals surface area contributed by atoms with Crippen LogP contribution in [-0.4, -0.2) is 70.9 Å². The van der Waals surface area contributed by atoms with Crippen LogP contribution in [0.1, 0.15) is 25.3 Å². The number of methoxy groups -OCH3 is 1. The lowest BCUT2D eigenvalue weighted by Gasteiger charge is -2.34. The van der Waals surface area contributed by atoms with Crippen molar-refractivity contribution in [2.24, 2.45) is 0 Å². The molecule has 1 fully saturated rings. The van der Waals surface area contributed by atoms with Crippen LogP contribution in [-0.2, 0) is 4.74 Å². The van der Waals surface area contributed by atoms with Gasteiger partial charge in [0.15, 0.2) is 0 Å². The average Bonchev–Trinajstić information content (AvgIpc) is 2.79. The number of rotatable bonds is 11. The first kappa shape index (κ1) is 23.4. The lowest BCUT2D eigenvalue weighted by molar-refractivity contribution is -0.903. The number of aliphatic hydroxyl groups is 1. The maximum atomic E-state index is 10.4. The van der Waals surface area contributed by atoms with Crippen LogP contribution in [0.3, 0.4) is 0 Å². The number of aliphatic hydroxyl groups excluding tert-OH is 1. The van der Waals surface area contributed by atoms with Gasteiger partial charge in [-0.25, -0.2) is 0 Å². The largest absolute Gasteiger partial charge is 0.497 e. The highest BCUT2D eigenvalue weighted by atomic mass is 16.5. The second kappa shape index (κ2) is 11.9. The van der Waals surface area contributed by atoms with Crippen LogP contribution in [0.25, 0.3) is 0 Å². The zero-order valence-electron chi connectivity index (χ0n) is 19.0. The molecule has 1 saturated heterocycles. The quantitative estimate of drug-likeness (QED) is 0.535. The summed E-state index contributed by atoms with van der Waals surface area (Å²) in [5.41, 5.74) is 2.43. The molecular formula is C25H37N2O4+. The Balaban J connectivity index is 1.30. The normalized spacial score (nSPS) is 15.8. The number of benzene rings is 2. The molecule has 0 bridgehead atoms. The Kier molecular flexibility index (Phi) is 9.00. The van der Waals surface area contributed by atoms with Crippen LogP contribution in [0, 0.1) is 0 Å². The first-order chi connectivity index (χ1) is 15.1. The van der Waals surface area contributed by atoms with Crippen molar-refractivity contribution in [3.63, 3.8) is 0 Å². The summed E-state index contributed by atoms with van der Waals surface area (Å²) in [4.78, 5) is 3.81. The Morgan fingerprint density at radius 1 is 1.00 bits per heavy atom. The van der Waals surface area contributed by atoms with Crippen molar-refractivity contribution >= 4 is 5.69 Å². The molecule has 2 aromatic carbocycles. The van der Waals surface area contributed by atoms with Crippen LogP contribution < -0.4 is 19.3 Å². The Morgan fingerprint density at radius 2 is 1.71 bits per heavy atom. The Labute approximate surface area is 186 Å². The minimum atomic E-state index is -0.453. The van der Waals surface area contributed by atoms with Crippen LogP contribution in [0.4, 0.5) is 5.69 Å². The summed E-state index contributed by atoms with van der Waals surface area (Å²) in [6.45, 7) is 10.3. The van der Waals surface area contributed by atoms with Gasteiger partial charge >= 0.3 is 0 Å². The molecule has 2 N–H and O–H groups in total. The van der Waals surface area contributed by atoms with E-state index in [1.165, 1.54) is 16.2 Å². The maximum Gasteiger partial charge on any atom is 0.126 e. The molecule has 0 aliphatic carbocycles. The van der Waals surface area contributed by atoms with Crippen molar-refractivity contribution in [2.45, 2.75) is 25.9 Å². The van der Waals surface area contributed by atoms with E-state index in [1.54, 1.807) is 7.11 Å². The van der Waals surface area contributed by atoms with E-state index < -0.39 is 6.10 Å². The molecule has 1 heterocycles. The molecule has 170 valence electrons.